The Morgan fingerprint density at radius 2 is 2.14 bits per heavy atom. The van der Waals surface area contributed by atoms with E-state index in [1.165, 1.54) is 25.7 Å². The molecular formula is C17H32N2O3. The molecule has 0 spiro atoms. The largest absolute Gasteiger partial charge is 0.444 e. The highest BCUT2D eigenvalue weighted by Gasteiger charge is 2.31. The van der Waals surface area contributed by atoms with Crippen molar-refractivity contribution in [3.8, 4) is 0 Å². The predicted octanol–water partition coefficient (Wildman–Crippen LogP) is 2.79. The molecule has 22 heavy (non-hydrogen) atoms. The lowest BCUT2D eigenvalue weighted by atomic mass is 9.87. The van der Waals surface area contributed by atoms with Crippen LogP contribution < -0.4 is 5.32 Å². The number of amides is 1. The molecule has 2 fully saturated rings. The number of carbonyl (C=O) groups is 1. The molecule has 1 N–H and O–H groups in total. The molecule has 3 unspecified atom stereocenters. The van der Waals surface area contributed by atoms with Crippen LogP contribution >= 0.6 is 0 Å². The van der Waals surface area contributed by atoms with Crippen LogP contribution in [0.2, 0.25) is 0 Å². The summed E-state index contributed by atoms with van der Waals surface area (Å²) in [5.74, 6) is 0.802. The highest BCUT2D eigenvalue weighted by Crippen LogP contribution is 2.23. The fraction of sp³-hybridized carbons (Fsp3) is 0.941. The smallest absolute Gasteiger partial charge is 0.410 e. The van der Waals surface area contributed by atoms with Crippen LogP contribution in [-0.2, 0) is 9.47 Å². The maximum atomic E-state index is 12.3. The van der Waals surface area contributed by atoms with Gasteiger partial charge in [0.1, 0.15) is 5.60 Å². The summed E-state index contributed by atoms with van der Waals surface area (Å²) in [6.07, 6.45) is 4.90. The second kappa shape index (κ2) is 7.64. The Morgan fingerprint density at radius 3 is 2.82 bits per heavy atom. The SMILES string of the molecule is CC1CCCC(NCC2COCCN2C(=O)OC(C)(C)C)C1. The third-order valence-electron chi connectivity index (χ3n) is 4.43. The maximum absolute atomic E-state index is 12.3. The van der Waals surface area contributed by atoms with Gasteiger partial charge in [-0.05, 0) is 39.5 Å². The van der Waals surface area contributed by atoms with Crippen LogP contribution in [0.1, 0.15) is 53.4 Å². The number of ether oxygens (including phenoxy) is 2. The zero-order chi connectivity index (χ0) is 16.2. The topological polar surface area (TPSA) is 50.8 Å². The fourth-order valence-electron chi connectivity index (χ4n) is 3.31. The van der Waals surface area contributed by atoms with Crippen molar-refractivity contribution in [1.29, 1.82) is 0 Å². The Bertz CT molecular complexity index is 367. The Labute approximate surface area is 134 Å². The van der Waals surface area contributed by atoms with Gasteiger partial charge in [-0.25, -0.2) is 4.79 Å². The molecular weight excluding hydrogens is 280 g/mol. The molecule has 1 heterocycles. The van der Waals surface area contributed by atoms with E-state index in [0.29, 0.717) is 25.8 Å². The lowest BCUT2D eigenvalue weighted by molar-refractivity contribution is -0.0325. The van der Waals surface area contributed by atoms with Crippen LogP contribution in [0.5, 0.6) is 0 Å². The minimum absolute atomic E-state index is 0.0702. The number of hydrogen-bond acceptors (Lipinski definition) is 4. The molecule has 2 aliphatic rings. The summed E-state index contributed by atoms with van der Waals surface area (Å²) in [5.41, 5.74) is -0.452. The summed E-state index contributed by atoms with van der Waals surface area (Å²) in [7, 11) is 0. The summed E-state index contributed by atoms with van der Waals surface area (Å²) < 4.78 is 11.1. The van der Waals surface area contributed by atoms with E-state index in [9.17, 15) is 4.79 Å². The van der Waals surface area contributed by atoms with Crippen LogP contribution in [0, 0.1) is 5.92 Å². The molecule has 1 saturated carbocycles. The van der Waals surface area contributed by atoms with Gasteiger partial charge in [0.25, 0.3) is 0 Å². The summed E-state index contributed by atoms with van der Waals surface area (Å²) in [4.78, 5) is 14.2. The second-order valence-corrected chi connectivity index (χ2v) is 7.78. The van der Waals surface area contributed by atoms with Gasteiger partial charge in [0, 0.05) is 19.1 Å². The Balaban J connectivity index is 1.85. The molecule has 0 aromatic carbocycles. The lowest BCUT2D eigenvalue weighted by Gasteiger charge is -2.38. The first-order chi connectivity index (χ1) is 10.3. The van der Waals surface area contributed by atoms with Crippen LogP contribution in [-0.4, -0.2) is 55.0 Å². The first kappa shape index (κ1) is 17.5. The van der Waals surface area contributed by atoms with Gasteiger partial charge >= 0.3 is 6.09 Å². The third kappa shape index (κ3) is 5.43. The minimum atomic E-state index is -0.452. The van der Waals surface area contributed by atoms with E-state index in [2.05, 4.69) is 12.2 Å². The van der Waals surface area contributed by atoms with Gasteiger partial charge in [0.2, 0.25) is 0 Å². The average Bonchev–Trinajstić information content (AvgIpc) is 2.44. The number of morpholine rings is 1. The zero-order valence-electron chi connectivity index (χ0n) is 14.6. The van der Waals surface area contributed by atoms with E-state index < -0.39 is 5.60 Å². The molecule has 3 atom stereocenters. The molecule has 1 aliphatic heterocycles. The highest BCUT2D eigenvalue weighted by molar-refractivity contribution is 5.68. The fourth-order valence-corrected chi connectivity index (χ4v) is 3.31. The maximum Gasteiger partial charge on any atom is 0.410 e. The van der Waals surface area contributed by atoms with Crippen LogP contribution in [0.15, 0.2) is 0 Å². The molecule has 0 bridgehead atoms. The first-order valence-electron chi connectivity index (χ1n) is 8.66. The predicted molar refractivity (Wildman–Crippen MR) is 87.0 cm³/mol. The number of rotatable bonds is 3. The monoisotopic (exact) mass is 312 g/mol. The number of nitrogens with zero attached hydrogens (tertiary/aromatic N) is 1. The molecule has 128 valence electrons. The van der Waals surface area contributed by atoms with E-state index in [4.69, 9.17) is 9.47 Å². The first-order valence-corrected chi connectivity index (χ1v) is 8.66. The van der Waals surface area contributed by atoms with Gasteiger partial charge in [-0.2, -0.15) is 0 Å². The van der Waals surface area contributed by atoms with Gasteiger partial charge in [0.05, 0.1) is 19.3 Å². The Morgan fingerprint density at radius 1 is 1.36 bits per heavy atom. The van der Waals surface area contributed by atoms with Crippen molar-refractivity contribution in [3.05, 3.63) is 0 Å². The van der Waals surface area contributed by atoms with Crippen molar-refractivity contribution in [2.75, 3.05) is 26.3 Å². The lowest BCUT2D eigenvalue weighted by Crippen LogP contribution is -2.55. The highest BCUT2D eigenvalue weighted by atomic mass is 16.6. The van der Waals surface area contributed by atoms with Crippen LogP contribution in [0.3, 0.4) is 0 Å². The van der Waals surface area contributed by atoms with Crippen molar-refractivity contribution in [2.45, 2.75) is 71.1 Å². The number of carbonyl (C=O) groups excluding carboxylic acids is 1. The Kier molecular flexibility index (Phi) is 6.09. The molecule has 0 aromatic rings. The molecule has 0 radical (unpaired) electrons. The Hall–Kier alpha value is -0.810. The number of nitrogens with one attached hydrogen (secondary N) is 1. The molecule has 5 nitrogen and oxygen atoms in total. The van der Waals surface area contributed by atoms with Crippen molar-refractivity contribution in [1.82, 2.24) is 10.2 Å². The summed E-state index contributed by atoms with van der Waals surface area (Å²) in [6, 6.07) is 0.645. The normalized spacial score (nSPS) is 30.2. The minimum Gasteiger partial charge on any atom is -0.444 e. The second-order valence-electron chi connectivity index (χ2n) is 7.78. The van der Waals surface area contributed by atoms with Gasteiger partial charge in [0.15, 0.2) is 0 Å². The summed E-state index contributed by atoms with van der Waals surface area (Å²) in [6.45, 7) is 10.6. The van der Waals surface area contributed by atoms with E-state index in [1.54, 1.807) is 0 Å². The van der Waals surface area contributed by atoms with Gasteiger partial charge in [-0.3, -0.25) is 4.90 Å². The molecule has 1 aliphatic carbocycles. The third-order valence-corrected chi connectivity index (χ3v) is 4.43. The molecule has 1 saturated heterocycles. The zero-order valence-corrected chi connectivity index (χ0v) is 14.6. The summed E-state index contributed by atoms with van der Waals surface area (Å²) in [5, 5.41) is 3.64. The van der Waals surface area contributed by atoms with Crippen molar-refractivity contribution in [3.63, 3.8) is 0 Å². The van der Waals surface area contributed by atoms with Crippen LogP contribution in [0.25, 0.3) is 0 Å². The van der Waals surface area contributed by atoms with E-state index >= 15 is 0 Å². The van der Waals surface area contributed by atoms with Crippen molar-refractivity contribution in [2.24, 2.45) is 5.92 Å². The molecule has 2 rings (SSSR count). The van der Waals surface area contributed by atoms with E-state index in [-0.39, 0.29) is 12.1 Å². The van der Waals surface area contributed by atoms with E-state index in [0.717, 1.165) is 12.5 Å². The average molecular weight is 312 g/mol. The molecule has 5 heteroatoms. The van der Waals surface area contributed by atoms with Crippen molar-refractivity contribution >= 4 is 6.09 Å². The van der Waals surface area contributed by atoms with Gasteiger partial charge in [-0.15, -0.1) is 0 Å². The van der Waals surface area contributed by atoms with Crippen LogP contribution in [0.4, 0.5) is 4.79 Å². The van der Waals surface area contributed by atoms with Gasteiger partial charge < -0.3 is 14.8 Å². The quantitative estimate of drug-likeness (QED) is 0.870. The number of hydrogen-bond donors (Lipinski definition) is 1. The van der Waals surface area contributed by atoms with Crippen molar-refractivity contribution < 1.29 is 14.3 Å². The molecule has 0 aromatic heterocycles. The molecule has 1 amide bonds. The van der Waals surface area contributed by atoms with Gasteiger partial charge in [-0.1, -0.05) is 19.8 Å². The van der Waals surface area contributed by atoms with E-state index in [1.807, 2.05) is 25.7 Å². The summed E-state index contributed by atoms with van der Waals surface area (Å²) >= 11 is 0. The standard InChI is InChI=1S/C17H32N2O3/c1-13-6-5-7-14(10-13)18-11-15-12-21-9-8-19(15)16(20)22-17(2,3)4/h13-15,18H,5-12H2,1-4H3.